The van der Waals surface area contributed by atoms with Gasteiger partial charge >= 0.3 is 0 Å². The minimum atomic E-state index is -0.292. The summed E-state index contributed by atoms with van der Waals surface area (Å²) in [6, 6.07) is 9.78. The van der Waals surface area contributed by atoms with Crippen LogP contribution in [0.15, 0.2) is 42.6 Å². The van der Waals surface area contributed by atoms with E-state index in [2.05, 4.69) is 4.98 Å². The average Bonchev–Trinajstić information content (AvgIpc) is 2.85. The molecule has 0 saturated carbocycles. The van der Waals surface area contributed by atoms with Crippen LogP contribution in [0.5, 0.6) is 0 Å². The van der Waals surface area contributed by atoms with E-state index in [1.165, 1.54) is 12.1 Å². The fourth-order valence-corrected chi connectivity index (χ4v) is 2.68. The summed E-state index contributed by atoms with van der Waals surface area (Å²) in [5.74, 6) is -0.483. The molecule has 2 N–H and O–H groups in total. The largest absolute Gasteiger partial charge is 0.393 e. The molecule has 1 atom stereocenters. The summed E-state index contributed by atoms with van der Waals surface area (Å²) in [6.07, 6.45) is 1.78. The van der Waals surface area contributed by atoms with Gasteiger partial charge in [0.1, 0.15) is 11.5 Å². The van der Waals surface area contributed by atoms with Crippen molar-refractivity contribution in [3.63, 3.8) is 0 Å². The van der Waals surface area contributed by atoms with Crippen LogP contribution in [-0.4, -0.2) is 14.4 Å². The van der Waals surface area contributed by atoms with E-state index in [9.17, 15) is 4.39 Å². The first-order valence-corrected chi connectivity index (χ1v) is 7.49. The van der Waals surface area contributed by atoms with Crippen LogP contribution in [0.25, 0.3) is 16.9 Å². The number of thiocarbonyl (C=S) groups is 1. The number of aromatic nitrogens is 2. The van der Waals surface area contributed by atoms with Crippen molar-refractivity contribution in [1.29, 1.82) is 0 Å². The predicted molar refractivity (Wildman–Crippen MR) is 90.8 cm³/mol. The van der Waals surface area contributed by atoms with E-state index in [0.717, 1.165) is 22.6 Å². The summed E-state index contributed by atoms with van der Waals surface area (Å²) < 4.78 is 15.0. The van der Waals surface area contributed by atoms with Crippen molar-refractivity contribution in [3.05, 3.63) is 59.1 Å². The lowest BCUT2D eigenvalue weighted by Crippen LogP contribution is -2.18. The van der Waals surface area contributed by atoms with Crippen molar-refractivity contribution in [3.8, 4) is 11.3 Å². The van der Waals surface area contributed by atoms with Gasteiger partial charge in [-0.15, -0.1) is 0 Å². The number of benzene rings is 1. The maximum atomic E-state index is 13.2. The van der Waals surface area contributed by atoms with Gasteiger partial charge in [-0.25, -0.2) is 9.37 Å². The Hall–Kier alpha value is -1.98. The molecule has 112 valence electrons. The molecular formula is C16H13ClFN3S. The lowest BCUT2D eigenvalue weighted by molar-refractivity contribution is 0.628. The van der Waals surface area contributed by atoms with Crippen LogP contribution in [0, 0.1) is 5.82 Å². The Morgan fingerprint density at radius 2 is 1.95 bits per heavy atom. The maximum absolute atomic E-state index is 13.2. The molecule has 3 rings (SSSR count). The number of hydrogen-bond acceptors (Lipinski definition) is 2. The van der Waals surface area contributed by atoms with Gasteiger partial charge in [-0.05, 0) is 36.4 Å². The van der Waals surface area contributed by atoms with E-state index in [-0.39, 0.29) is 11.7 Å². The maximum Gasteiger partial charge on any atom is 0.137 e. The van der Waals surface area contributed by atoms with Gasteiger partial charge in [-0.2, -0.15) is 0 Å². The van der Waals surface area contributed by atoms with Crippen LogP contribution in [0.3, 0.4) is 0 Å². The molecule has 0 aliphatic carbocycles. The Morgan fingerprint density at radius 3 is 2.59 bits per heavy atom. The minimum absolute atomic E-state index is 0.191. The van der Waals surface area contributed by atoms with Gasteiger partial charge in [0.25, 0.3) is 0 Å². The Balaban J connectivity index is 2.31. The van der Waals surface area contributed by atoms with E-state index in [4.69, 9.17) is 29.6 Å². The summed E-state index contributed by atoms with van der Waals surface area (Å²) in [6.45, 7) is 1.92. The van der Waals surface area contributed by atoms with Gasteiger partial charge in [-0.1, -0.05) is 30.7 Å². The molecule has 6 heteroatoms. The second-order valence-electron chi connectivity index (χ2n) is 5.05. The highest BCUT2D eigenvalue weighted by Crippen LogP contribution is 2.31. The molecule has 0 aliphatic rings. The van der Waals surface area contributed by atoms with Crippen molar-refractivity contribution < 1.29 is 4.39 Å². The number of rotatable bonds is 3. The van der Waals surface area contributed by atoms with Crippen LogP contribution in [-0.2, 0) is 0 Å². The molecule has 0 fully saturated rings. The van der Waals surface area contributed by atoms with Crippen molar-refractivity contribution in [2.75, 3.05) is 0 Å². The number of hydrogen-bond donors (Lipinski definition) is 1. The fourth-order valence-electron chi connectivity index (χ4n) is 2.41. The third-order valence-corrected chi connectivity index (χ3v) is 4.15. The van der Waals surface area contributed by atoms with E-state index in [0.29, 0.717) is 10.0 Å². The molecule has 22 heavy (non-hydrogen) atoms. The number of pyridine rings is 1. The van der Waals surface area contributed by atoms with Gasteiger partial charge in [0.05, 0.1) is 21.4 Å². The highest BCUT2D eigenvalue weighted by Gasteiger charge is 2.21. The Bertz CT molecular complexity index is 858. The van der Waals surface area contributed by atoms with Gasteiger partial charge < -0.3 is 10.1 Å². The second-order valence-corrected chi connectivity index (χ2v) is 5.96. The molecule has 0 bridgehead atoms. The van der Waals surface area contributed by atoms with Crippen molar-refractivity contribution in [2.24, 2.45) is 5.73 Å². The van der Waals surface area contributed by atoms with Crippen LogP contribution in [0.4, 0.5) is 4.39 Å². The first kappa shape index (κ1) is 14.9. The predicted octanol–water partition coefficient (Wildman–Crippen LogP) is 4.18. The number of fused-ring (bicyclic) bond motifs is 1. The molecule has 0 amide bonds. The third-order valence-electron chi connectivity index (χ3n) is 3.57. The molecule has 0 spiro atoms. The van der Waals surface area contributed by atoms with Crippen molar-refractivity contribution in [2.45, 2.75) is 12.8 Å². The molecular weight excluding hydrogens is 321 g/mol. The third kappa shape index (κ3) is 2.58. The molecule has 1 aromatic carbocycles. The smallest absolute Gasteiger partial charge is 0.137 e. The fraction of sp³-hybridized carbons (Fsp3) is 0.125. The Kier molecular flexibility index (Phi) is 3.85. The molecule has 0 aliphatic heterocycles. The Morgan fingerprint density at radius 1 is 1.27 bits per heavy atom. The molecule has 3 aromatic rings. The minimum Gasteiger partial charge on any atom is -0.393 e. The highest BCUT2D eigenvalue weighted by molar-refractivity contribution is 7.80. The van der Waals surface area contributed by atoms with Gasteiger partial charge in [0.2, 0.25) is 0 Å². The summed E-state index contributed by atoms with van der Waals surface area (Å²) >= 11 is 11.2. The first-order chi connectivity index (χ1) is 10.5. The quantitative estimate of drug-likeness (QED) is 0.731. The molecule has 2 aromatic heterocycles. The van der Waals surface area contributed by atoms with Crippen molar-refractivity contribution in [1.82, 2.24) is 9.38 Å². The normalized spacial score (nSPS) is 12.5. The van der Waals surface area contributed by atoms with Crippen LogP contribution >= 0.6 is 23.8 Å². The zero-order valence-electron chi connectivity index (χ0n) is 11.8. The van der Waals surface area contributed by atoms with Gasteiger partial charge in [-0.3, -0.25) is 0 Å². The monoisotopic (exact) mass is 333 g/mol. The van der Waals surface area contributed by atoms with Crippen LogP contribution in [0.1, 0.15) is 18.5 Å². The number of nitrogens with zero attached hydrogens (tertiary/aromatic N) is 2. The van der Waals surface area contributed by atoms with Crippen LogP contribution < -0.4 is 5.73 Å². The van der Waals surface area contributed by atoms with Gasteiger partial charge in [0, 0.05) is 17.7 Å². The van der Waals surface area contributed by atoms with E-state index < -0.39 is 0 Å². The highest BCUT2D eigenvalue weighted by atomic mass is 35.5. The van der Waals surface area contributed by atoms with Crippen molar-refractivity contribution >= 4 is 34.5 Å². The number of nitrogens with two attached hydrogens (primary N) is 1. The molecule has 2 heterocycles. The molecule has 0 radical (unpaired) electrons. The zero-order chi connectivity index (χ0) is 15.9. The number of halogens is 2. The van der Waals surface area contributed by atoms with E-state index in [1.807, 2.05) is 17.4 Å². The lowest BCUT2D eigenvalue weighted by atomic mass is 10.0. The summed E-state index contributed by atoms with van der Waals surface area (Å²) in [4.78, 5) is 4.99. The van der Waals surface area contributed by atoms with Crippen LogP contribution in [0.2, 0.25) is 5.02 Å². The Labute approximate surface area is 137 Å². The number of imidazole rings is 1. The SMILES string of the molecule is CC(C(N)=S)c1c(-c2ccc(F)cc2)nc2ccc(Cl)cn12. The van der Waals surface area contributed by atoms with E-state index in [1.54, 1.807) is 24.4 Å². The standard InChI is InChI=1S/C16H13ClFN3S/c1-9(16(19)22)15-14(10-2-5-12(18)6-3-10)20-13-7-4-11(17)8-21(13)15/h2-9H,1H3,(H2,19,22). The zero-order valence-corrected chi connectivity index (χ0v) is 13.3. The topological polar surface area (TPSA) is 43.3 Å². The van der Waals surface area contributed by atoms with E-state index >= 15 is 0 Å². The lowest BCUT2D eigenvalue weighted by Gasteiger charge is -2.12. The summed E-state index contributed by atoms with van der Waals surface area (Å²) in [7, 11) is 0. The molecule has 1 unspecified atom stereocenters. The first-order valence-electron chi connectivity index (χ1n) is 6.70. The molecule has 3 nitrogen and oxygen atoms in total. The summed E-state index contributed by atoms with van der Waals surface area (Å²) in [5.41, 5.74) is 8.94. The molecule has 0 saturated heterocycles. The average molecular weight is 334 g/mol. The van der Waals surface area contributed by atoms with Gasteiger partial charge in [0.15, 0.2) is 0 Å². The second kappa shape index (κ2) is 5.66. The summed E-state index contributed by atoms with van der Waals surface area (Å²) in [5, 5.41) is 0.590.